The first-order chi connectivity index (χ1) is 11.7. The van der Waals surface area contributed by atoms with E-state index >= 15 is 0 Å². The number of aliphatic hydroxyl groups is 1. The molecule has 2 heterocycles. The fourth-order valence-electron chi connectivity index (χ4n) is 2.70. The number of benzene rings is 2. The van der Waals surface area contributed by atoms with Crippen molar-refractivity contribution >= 4 is 28.8 Å². The van der Waals surface area contributed by atoms with Gasteiger partial charge in [-0.2, -0.15) is 0 Å². The third kappa shape index (κ3) is 2.90. The second-order valence-corrected chi connectivity index (χ2v) is 6.68. The summed E-state index contributed by atoms with van der Waals surface area (Å²) in [6, 6.07) is 15.2. The maximum atomic E-state index is 12.5. The average Bonchev–Trinajstić information content (AvgIpc) is 3.00. The van der Waals surface area contributed by atoms with Gasteiger partial charge in [0.2, 0.25) is 0 Å². The molecular weight excluding hydrogens is 324 g/mol. The standard InChI is InChI=1S/C18H16N2O3S/c21-13-9-20(10-13)17(22)14-6-2-1-5-12(14)11-24-18-19-15-7-3-4-8-16(15)23-18/h1-8,13,21H,9-11H2. The summed E-state index contributed by atoms with van der Waals surface area (Å²) in [6.07, 6.45) is -0.393. The number of aliphatic hydroxyl groups excluding tert-OH is 1. The molecule has 0 unspecified atom stereocenters. The fraction of sp³-hybridized carbons (Fsp3) is 0.222. The molecule has 6 heteroatoms. The molecule has 1 fully saturated rings. The van der Waals surface area contributed by atoms with Crippen molar-refractivity contribution in [3.63, 3.8) is 0 Å². The Hall–Kier alpha value is -2.31. The van der Waals surface area contributed by atoms with Crippen LogP contribution in [0, 0.1) is 0 Å². The highest BCUT2D eigenvalue weighted by Gasteiger charge is 2.30. The lowest BCUT2D eigenvalue weighted by molar-refractivity contribution is 0.00584. The van der Waals surface area contributed by atoms with Gasteiger partial charge in [-0.1, -0.05) is 42.1 Å². The molecule has 0 spiro atoms. The number of aromatic nitrogens is 1. The molecule has 24 heavy (non-hydrogen) atoms. The van der Waals surface area contributed by atoms with Gasteiger partial charge in [-0.3, -0.25) is 4.79 Å². The molecule has 1 N–H and O–H groups in total. The SMILES string of the molecule is O=C(c1ccccc1CSc1nc2ccccc2o1)N1CC(O)C1. The Bertz CT molecular complexity index is 854. The first kappa shape index (κ1) is 15.2. The quantitative estimate of drug-likeness (QED) is 0.740. The number of carbonyl (C=O) groups excluding carboxylic acids is 1. The molecule has 1 amide bonds. The van der Waals surface area contributed by atoms with Crippen LogP contribution in [0.5, 0.6) is 0 Å². The molecule has 1 aromatic heterocycles. The van der Waals surface area contributed by atoms with Crippen LogP contribution < -0.4 is 0 Å². The van der Waals surface area contributed by atoms with Gasteiger partial charge in [0, 0.05) is 24.4 Å². The van der Waals surface area contributed by atoms with Crippen LogP contribution >= 0.6 is 11.8 Å². The molecule has 5 nitrogen and oxygen atoms in total. The van der Waals surface area contributed by atoms with Crippen LogP contribution in [0.4, 0.5) is 0 Å². The first-order valence-corrected chi connectivity index (χ1v) is 8.73. The van der Waals surface area contributed by atoms with E-state index in [1.807, 2.05) is 48.5 Å². The lowest BCUT2D eigenvalue weighted by atomic mass is 10.0. The van der Waals surface area contributed by atoms with Gasteiger partial charge in [0.05, 0.1) is 6.10 Å². The zero-order valence-corrected chi connectivity index (χ0v) is 13.7. The molecule has 1 saturated heterocycles. The van der Waals surface area contributed by atoms with Crippen molar-refractivity contribution in [2.75, 3.05) is 13.1 Å². The second kappa shape index (κ2) is 6.30. The van der Waals surface area contributed by atoms with Gasteiger partial charge in [0.25, 0.3) is 11.1 Å². The summed E-state index contributed by atoms with van der Waals surface area (Å²) in [5, 5.41) is 9.98. The van der Waals surface area contributed by atoms with Gasteiger partial charge in [-0.25, -0.2) is 4.98 Å². The van der Waals surface area contributed by atoms with E-state index in [-0.39, 0.29) is 5.91 Å². The van der Waals surface area contributed by atoms with Gasteiger partial charge in [-0.15, -0.1) is 0 Å². The van der Waals surface area contributed by atoms with Crippen LogP contribution in [-0.2, 0) is 5.75 Å². The van der Waals surface area contributed by atoms with Crippen LogP contribution in [0.25, 0.3) is 11.1 Å². The summed E-state index contributed by atoms with van der Waals surface area (Å²) in [4.78, 5) is 18.6. The highest BCUT2D eigenvalue weighted by atomic mass is 32.2. The summed E-state index contributed by atoms with van der Waals surface area (Å²) in [7, 11) is 0. The third-order valence-corrected chi connectivity index (χ3v) is 4.90. The zero-order valence-electron chi connectivity index (χ0n) is 12.9. The van der Waals surface area contributed by atoms with Crippen molar-refractivity contribution in [2.45, 2.75) is 17.1 Å². The molecule has 1 aliphatic rings. The molecule has 0 radical (unpaired) electrons. The Morgan fingerprint density at radius 2 is 1.96 bits per heavy atom. The van der Waals surface area contributed by atoms with Gasteiger partial charge < -0.3 is 14.4 Å². The number of nitrogens with zero attached hydrogens (tertiary/aromatic N) is 2. The van der Waals surface area contributed by atoms with Gasteiger partial charge in [-0.05, 0) is 23.8 Å². The van der Waals surface area contributed by atoms with E-state index in [1.54, 1.807) is 4.90 Å². The zero-order chi connectivity index (χ0) is 16.5. The Morgan fingerprint density at radius 1 is 1.21 bits per heavy atom. The maximum absolute atomic E-state index is 12.5. The van der Waals surface area contributed by atoms with E-state index in [0.29, 0.717) is 29.6 Å². The summed E-state index contributed by atoms with van der Waals surface area (Å²) < 4.78 is 5.71. The van der Waals surface area contributed by atoms with Crippen molar-refractivity contribution < 1.29 is 14.3 Å². The number of carbonyl (C=O) groups is 1. The van der Waals surface area contributed by atoms with Gasteiger partial charge >= 0.3 is 0 Å². The number of para-hydroxylation sites is 2. The minimum atomic E-state index is -0.393. The number of likely N-dealkylation sites (tertiary alicyclic amines) is 1. The van der Waals surface area contributed by atoms with E-state index in [0.717, 1.165) is 16.7 Å². The molecule has 0 aliphatic carbocycles. The molecule has 1 aliphatic heterocycles. The van der Waals surface area contributed by atoms with Crippen molar-refractivity contribution in [3.05, 3.63) is 59.7 Å². The van der Waals surface area contributed by atoms with E-state index in [2.05, 4.69) is 4.98 Å². The normalized spacial score (nSPS) is 14.8. The molecule has 3 aromatic rings. The lowest BCUT2D eigenvalue weighted by Gasteiger charge is -2.36. The number of oxazole rings is 1. The minimum absolute atomic E-state index is 0.0333. The highest BCUT2D eigenvalue weighted by Crippen LogP contribution is 2.28. The Balaban J connectivity index is 1.51. The van der Waals surface area contributed by atoms with E-state index in [9.17, 15) is 9.90 Å². The van der Waals surface area contributed by atoms with Crippen molar-refractivity contribution in [1.82, 2.24) is 9.88 Å². The molecule has 0 saturated carbocycles. The smallest absolute Gasteiger partial charge is 0.257 e. The predicted octanol–water partition coefficient (Wildman–Crippen LogP) is 2.94. The van der Waals surface area contributed by atoms with Crippen LogP contribution in [0.15, 0.2) is 58.2 Å². The first-order valence-electron chi connectivity index (χ1n) is 7.74. The topological polar surface area (TPSA) is 66.6 Å². The van der Waals surface area contributed by atoms with Crippen molar-refractivity contribution in [3.8, 4) is 0 Å². The number of hydrogen-bond acceptors (Lipinski definition) is 5. The van der Waals surface area contributed by atoms with E-state index in [4.69, 9.17) is 4.42 Å². The minimum Gasteiger partial charge on any atom is -0.431 e. The van der Waals surface area contributed by atoms with Crippen LogP contribution in [0.1, 0.15) is 15.9 Å². The van der Waals surface area contributed by atoms with Gasteiger partial charge in [0.1, 0.15) is 5.52 Å². The number of β-amino-alcohol motifs (C(OH)–C–C–N with tert-alkyl or cyclic N) is 1. The molecule has 122 valence electrons. The number of rotatable bonds is 4. The average molecular weight is 340 g/mol. The Kier molecular flexibility index (Phi) is 4.00. The summed E-state index contributed by atoms with van der Waals surface area (Å²) in [6.45, 7) is 0.816. The molecule has 0 atom stereocenters. The Labute approximate surface area is 143 Å². The summed E-state index contributed by atoms with van der Waals surface area (Å²) in [5.41, 5.74) is 3.21. The summed E-state index contributed by atoms with van der Waals surface area (Å²) in [5.74, 6) is 0.569. The van der Waals surface area contributed by atoms with Crippen LogP contribution in [-0.4, -0.2) is 40.1 Å². The number of thioether (sulfide) groups is 1. The highest BCUT2D eigenvalue weighted by molar-refractivity contribution is 7.98. The second-order valence-electron chi connectivity index (χ2n) is 5.76. The molecular formula is C18H16N2O3S. The fourth-order valence-corrected chi connectivity index (χ4v) is 3.54. The van der Waals surface area contributed by atoms with Gasteiger partial charge in [0.15, 0.2) is 5.58 Å². The number of hydrogen-bond donors (Lipinski definition) is 1. The summed E-state index contributed by atoms with van der Waals surface area (Å²) >= 11 is 1.47. The largest absolute Gasteiger partial charge is 0.431 e. The predicted molar refractivity (Wildman–Crippen MR) is 91.9 cm³/mol. The van der Waals surface area contributed by atoms with Crippen LogP contribution in [0.3, 0.4) is 0 Å². The van der Waals surface area contributed by atoms with E-state index in [1.165, 1.54) is 11.8 Å². The Morgan fingerprint density at radius 3 is 2.75 bits per heavy atom. The van der Waals surface area contributed by atoms with Crippen molar-refractivity contribution in [2.24, 2.45) is 0 Å². The molecule has 2 aromatic carbocycles. The number of amides is 1. The third-order valence-electron chi connectivity index (χ3n) is 4.02. The molecule has 4 rings (SSSR count). The monoisotopic (exact) mass is 340 g/mol. The van der Waals surface area contributed by atoms with Crippen molar-refractivity contribution in [1.29, 1.82) is 0 Å². The molecule has 0 bridgehead atoms. The van der Waals surface area contributed by atoms with E-state index < -0.39 is 6.10 Å². The lowest BCUT2D eigenvalue weighted by Crippen LogP contribution is -2.53. The maximum Gasteiger partial charge on any atom is 0.257 e. The number of fused-ring (bicyclic) bond motifs is 1. The van der Waals surface area contributed by atoms with Crippen LogP contribution in [0.2, 0.25) is 0 Å².